The highest BCUT2D eigenvalue weighted by Gasteiger charge is 2.31. The predicted molar refractivity (Wildman–Crippen MR) is 115 cm³/mol. The molecule has 0 saturated heterocycles. The SMILES string of the molecule is COC(=O)c1cc(=O)c(Br)c[nH]1.COC(=O)c1cc(OC)c(C2=CCC(F)(F)CC2)cn1. The fourth-order valence-electron chi connectivity index (χ4n) is 2.78. The number of rotatable bonds is 4. The third kappa shape index (κ3) is 6.46. The highest BCUT2D eigenvalue weighted by Crippen LogP contribution is 2.38. The van der Waals surface area contributed by atoms with E-state index in [1.54, 1.807) is 0 Å². The Morgan fingerprint density at radius 1 is 1.16 bits per heavy atom. The van der Waals surface area contributed by atoms with E-state index in [-0.39, 0.29) is 36.1 Å². The van der Waals surface area contributed by atoms with Gasteiger partial charge in [-0.3, -0.25) is 4.79 Å². The standard InChI is InChI=1S/C14H15F2NO3.C7H6BrNO3/c1-19-12-7-11(13(18)20-2)17-8-10(12)9-3-5-14(15,16)6-4-9;1-12-7(11)5-2-6(10)4(8)3-9-5/h3,7-8H,4-6H2,1-2H3;2-3H,1H3,(H,9,10). The number of pyridine rings is 2. The fourth-order valence-corrected chi connectivity index (χ4v) is 3.01. The molecule has 0 radical (unpaired) electrons. The van der Waals surface area contributed by atoms with Gasteiger partial charge >= 0.3 is 11.9 Å². The number of hydrogen-bond donors (Lipinski definition) is 1. The first kappa shape index (κ1) is 25.2. The van der Waals surface area contributed by atoms with Crippen LogP contribution >= 0.6 is 15.9 Å². The van der Waals surface area contributed by atoms with E-state index in [9.17, 15) is 23.2 Å². The number of carbonyl (C=O) groups excluding carboxylic acids is 2. The number of nitrogens with zero attached hydrogens (tertiary/aromatic N) is 1. The van der Waals surface area contributed by atoms with Crippen molar-refractivity contribution in [3.8, 4) is 5.75 Å². The van der Waals surface area contributed by atoms with E-state index < -0.39 is 17.9 Å². The van der Waals surface area contributed by atoms with Crippen LogP contribution in [0.5, 0.6) is 5.75 Å². The Balaban J connectivity index is 0.000000258. The number of esters is 2. The number of halogens is 3. The van der Waals surface area contributed by atoms with E-state index >= 15 is 0 Å². The van der Waals surface area contributed by atoms with Crippen LogP contribution in [-0.4, -0.2) is 49.2 Å². The lowest BCUT2D eigenvalue weighted by atomic mass is 9.91. The second kappa shape index (κ2) is 11.0. The molecule has 0 aromatic carbocycles. The van der Waals surface area contributed by atoms with Gasteiger partial charge in [0.2, 0.25) is 0 Å². The Hall–Kier alpha value is -3.08. The maximum absolute atomic E-state index is 13.1. The Labute approximate surface area is 190 Å². The maximum atomic E-state index is 13.1. The van der Waals surface area contributed by atoms with Gasteiger partial charge in [-0.25, -0.2) is 23.4 Å². The number of ether oxygens (including phenoxy) is 3. The molecular weight excluding hydrogens is 494 g/mol. The molecule has 0 amide bonds. The summed E-state index contributed by atoms with van der Waals surface area (Å²) < 4.78 is 40.9. The number of methoxy groups -OCH3 is 3. The smallest absolute Gasteiger partial charge is 0.356 e. The number of allylic oxidation sites excluding steroid dienone is 2. The van der Waals surface area contributed by atoms with E-state index in [4.69, 9.17) is 4.74 Å². The van der Waals surface area contributed by atoms with Crippen LogP contribution in [0.15, 0.2) is 39.9 Å². The fraction of sp³-hybridized carbons (Fsp3) is 0.333. The number of hydrogen-bond acceptors (Lipinski definition) is 7. The van der Waals surface area contributed by atoms with Gasteiger partial charge in [0.25, 0.3) is 5.92 Å². The molecule has 3 rings (SSSR count). The number of aromatic amines is 1. The first-order valence-electron chi connectivity index (χ1n) is 9.28. The van der Waals surface area contributed by atoms with Crippen LogP contribution in [0.4, 0.5) is 8.78 Å². The van der Waals surface area contributed by atoms with Crippen molar-refractivity contribution in [1.82, 2.24) is 9.97 Å². The average Bonchev–Trinajstić information content (AvgIpc) is 2.80. The summed E-state index contributed by atoms with van der Waals surface area (Å²) in [4.78, 5) is 39.8. The molecule has 1 aliphatic carbocycles. The van der Waals surface area contributed by atoms with Gasteiger partial charge < -0.3 is 19.2 Å². The van der Waals surface area contributed by atoms with Gasteiger partial charge in [0.1, 0.15) is 11.4 Å². The minimum atomic E-state index is -2.64. The molecule has 2 aromatic rings. The van der Waals surface area contributed by atoms with Crippen LogP contribution in [0, 0.1) is 0 Å². The van der Waals surface area contributed by atoms with Crippen molar-refractivity contribution in [3.63, 3.8) is 0 Å². The first-order valence-corrected chi connectivity index (χ1v) is 10.1. The summed E-state index contributed by atoms with van der Waals surface area (Å²) in [6.45, 7) is 0. The average molecular weight is 515 g/mol. The molecular formula is C21H21BrF2N2O6. The Kier molecular flexibility index (Phi) is 8.64. The van der Waals surface area contributed by atoms with Crippen LogP contribution in [-0.2, 0) is 9.47 Å². The van der Waals surface area contributed by atoms with Crippen molar-refractivity contribution in [2.45, 2.75) is 25.2 Å². The summed E-state index contributed by atoms with van der Waals surface area (Å²) in [5.41, 5.74) is 1.40. The molecule has 2 heterocycles. The summed E-state index contributed by atoms with van der Waals surface area (Å²) in [5, 5.41) is 0. The van der Waals surface area contributed by atoms with Crippen molar-refractivity contribution in [3.05, 3.63) is 62.2 Å². The quantitative estimate of drug-likeness (QED) is 0.614. The molecule has 0 bridgehead atoms. The van der Waals surface area contributed by atoms with Crippen molar-refractivity contribution in [2.24, 2.45) is 0 Å². The van der Waals surface area contributed by atoms with Crippen molar-refractivity contribution in [1.29, 1.82) is 0 Å². The Morgan fingerprint density at radius 2 is 1.84 bits per heavy atom. The van der Waals surface area contributed by atoms with Gasteiger partial charge in [-0.2, -0.15) is 0 Å². The molecule has 11 heteroatoms. The zero-order valence-electron chi connectivity index (χ0n) is 17.5. The van der Waals surface area contributed by atoms with Crippen LogP contribution in [0.25, 0.3) is 5.57 Å². The van der Waals surface area contributed by atoms with Gasteiger partial charge in [-0.1, -0.05) is 6.08 Å². The van der Waals surface area contributed by atoms with Gasteiger partial charge in [0.15, 0.2) is 11.1 Å². The zero-order chi connectivity index (χ0) is 23.9. The summed E-state index contributed by atoms with van der Waals surface area (Å²) in [6.07, 6.45) is 4.13. The second-order valence-corrected chi connectivity index (χ2v) is 7.46. The normalized spacial score (nSPS) is 14.4. The zero-order valence-corrected chi connectivity index (χ0v) is 19.1. The molecule has 0 aliphatic heterocycles. The molecule has 0 fully saturated rings. The van der Waals surface area contributed by atoms with Gasteiger partial charge in [-0.05, 0) is 27.9 Å². The lowest BCUT2D eigenvalue weighted by molar-refractivity contribution is -0.00606. The van der Waals surface area contributed by atoms with Crippen LogP contribution in [0.3, 0.4) is 0 Å². The third-order valence-electron chi connectivity index (χ3n) is 4.50. The molecule has 0 saturated carbocycles. The highest BCUT2D eigenvalue weighted by molar-refractivity contribution is 9.10. The van der Waals surface area contributed by atoms with Gasteiger partial charge in [-0.15, -0.1) is 0 Å². The molecule has 0 unspecified atom stereocenters. The highest BCUT2D eigenvalue weighted by atomic mass is 79.9. The van der Waals surface area contributed by atoms with Gasteiger partial charge in [0.05, 0.1) is 25.8 Å². The molecule has 8 nitrogen and oxygen atoms in total. The predicted octanol–water partition coefficient (Wildman–Crippen LogP) is 4.00. The number of nitrogens with one attached hydrogen (secondary N) is 1. The minimum Gasteiger partial charge on any atom is -0.496 e. The Bertz CT molecular complexity index is 1080. The molecule has 1 aliphatic rings. The number of alkyl halides is 2. The van der Waals surface area contributed by atoms with Crippen molar-refractivity contribution in [2.75, 3.05) is 21.3 Å². The first-order chi connectivity index (χ1) is 15.1. The molecule has 0 atom stereocenters. The largest absolute Gasteiger partial charge is 0.496 e. The minimum absolute atomic E-state index is 0.120. The summed E-state index contributed by atoms with van der Waals surface area (Å²) in [5.74, 6) is -3.34. The second-order valence-electron chi connectivity index (χ2n) is 6.60. The van der Waals surface area contributed by atoms with Crippen molar-refractivity contribution < 1.29 is 32.6 Å². The lowest BCUT2D eigenvalue weighted by Gasteiger charge is -2.22. The van der Waals surface area contributed by atoms with Crippen LogP contribution < -0.4 is 10.2 Å². The molecule has 1 N–H and O–H groups in total. The molecule has 2 aromatic heterocycles. The van der Waals surface area contributed by atoms with Gasteiger partial charge in [0, 0.05) is 42.9 Å². The summed E-state index contributed by atoms with van der Waals surface area (Å²) in [7, 11) is 3.97. The lowest BCUT2D eigenvalue weighted by Crippen LogP contribution is -2.18. The third-order valence-corrected chi connectivity index (χ3v) is 5.12. The Morgan fingerprint density at radius 3 is 2.38 bits per heavy atom. The van der Waals surface area contributed by atoms with Crippen LogP contribution in [0.2, 0.25) is 0 Å². The van der Waals surface area contributed by atoms with E-state index in [2.05, 4.69) is 35.4 Å². The molecule has 0 spiro atoms. The van der Waals surface area contributed by atoms with E-state index in [1.165, 1.54) is 51.9 Å². The summed E-state index contributed by atoms with van der Waals surface area (Å²) >= 11 is 3.00. The van der Waals surface area contributed by atoms with E-state index in [0.717, 1.165) is 5.57 Å². The van der Waals surface area contributed by atoms with E-state index in [0.29, 0.717) is 15.8 Å². The number of H-pyrrole nitrogens is 1. The summed E-state index contributed by atoms with van der Waals surface area (Å²) in [6, 6.07) is 2.63. The van der Waals surface area contributed by atoms with Crippen molar-refractivity contribution >= 4 is 33.4 Å². The maximum Gasteiger partial charge on any atom is 0.356 e. The van der Waals surface area contributed by atoms with Crippen LogP contribution in [0.1, 0.15) is 45.8 Å². The monoisotopic (exact) mass is 514 g/mol. The number of aromatic nitrogens is 2. The molecule has 32 heavy (non-hydrogen) atoms. The van der Waals surface area contributed by atoms with E-state index in [1.807, 2.05) is 0 Å². The molecule has 172 valence electrons. The number of carbonyl (C=O) groups is 2. The topological polar surface area (TPSA) is 108 Å².